The first-order chi connectivity index (χ1) is 8.13. The van der Waals surface area contributed by atoms with Crippen LogP contribution in [0.25, 0.3) is 0 Å². The maximum atomic E-state index is 5.91. The normalized spacial score (nSPS) is 11.4. The van der Waals surface area contributed by atoms with Crippen LogP contribution in [0, 0.1) is 0 Å². The Bertz CT molecular complexity index is 326. The van der Waals surface area contributed by atoms with Crippen molar-refractivity contribution in [3.8, 4) is 0 Å². The second kappa shape index (κ2) is 7.67. The van der Waals surface area contributed by atoms with Crippen molar-refractivity contribution in [1.29, 1.82) is 0 Å². The van der Waals surface area contributed by atoms with E-state index < -0.39 is 0 Å². The Balaban J connectivity index is 2.54. The zero-order valence-corrected chi connectivity index (χ0v) is 11.9. The highest BCUT2D eigenvalue weighted by atomic mass is 35.5. The van der Waals surface area contributed by atoms with Crippen LogP contribution in [0.15, 0.2) is 18.2 Å². The van der Waals surface area contributed by atoms with Crippen molar-refractivity contribution in [2.24, 2.45) is 0 Å². The summed E-state index contributed by atoms with van der Waals surface area (Å²) in [6.07, 6.45) is 3.82. The standard InChI is InChI=1S/C14H23ClN2/c1-4-5-6-10-17(12(2)3)11-13-8-7-9-14(15)16-13/h7-9,12H,4-6,10-11H2,1-3H3. The fourth-order valence-electron chi connectivity index (χ4n) is 1.83. The van der Waals surface area contributed by atoms with Crippen LogP contribution in [0.3, 0.4) is 0 Å². The van der Waals surface area contributed by atoms with E-state index in [9.17, 15) is 0 Å². The number of rotatable bonds is 7. The van der Waals surface area contributed by atoms with Crippen LogP contribution in [0.4, 0.5) is 0 Å². The van der Waals surface area contributed by atoms with Gasteiger partial charge in [-0.25, -0.2) is 4.98 Å². The third kappa shape index (κ3) is 5.51. The molecule has 0 spiro atoms. The molecule has 0 atom stereocenters. The summed E-state index contributed by atoms with van der Waals surface area (Å²) < 4.78 is 0. The smallest absolute Gasteiger partial charge is 0.129 e. The van der Waals surface area contributed by atoms with Crippen LogP contribution in [0.1, 0.15) is 45.7 Å². The summed E-state index contributed by atoms with van der Waals surface area (Å²) in [6, 6.07) is 6.38. The highest BCUT2D eigenvalue weighted by Gasteiger charge is 2.10. The number of nitrogens with zero attached hydrogens (tertiary/aromatic N) is 2. The van der Waals surface area contributed by atoms with Crippen molar-refractivity contribution < 1.29 is 0 Å². The van der Waals surface area contributed by atoms with E-state index in [2.05, 4.69) is 30.7 Å². The van der Waals surface area contributed by atoms with E-state index in [4.69, 9.17) is 11.6 Å². The van der Waals surface area contributed by atoms with Gasteiger partial charge in [0.1, 0.15) is 5.15 Å². The van der Waals surface area contributed by atoms with Crippen molar-refractivity contribution in [3.63, 3.8) is 0 Å². The monoisotopic (exact) mass is 254 g/mol. The molecule has 0 fully saturated rings. The van der Waals surface area contributed by atoms with Crippen molar-refractivity contribution >= 4 is 11.6 Å². The fraction of sp³-hybridized carbons (Fsp3) is 0.643. The molecule has 1 aromatic heterocycles. The number of aromatic nitrogens is 1. The third-order valence-electron chi connectivity index (χ3n) is 2.92. The molecular weight excluding hydrogens is 232 g/mol. The average molecular weight is 255 g/mol. The molecule has 0 aliphatic carbocycles. The lowest BCUT2D eigenvalue weighted by Crippen LogP contribution is -2.31. The summed E-state index contributed by atoms with van der Waals surface area (Å²) >= 11 is 5.91. The van der Waals surface area contributed by atoms with Crippen LogP contribution in [-0.4, -0.2) is 22.5 Å². The highest BCUT2D eigenvalue weighted by molar-refractivity contribution is 6.29. The lowest BCUT2D eigenvalue weighted by molar-refractivity contribution is 0.206. The molecule has 1 rings (SSSR count). The van der Waals surface area contributed by atoms with Crippen LogP contribution in [0.2, 0.25) is 5.15 Å². The van der Waals surface area contributed by atoms with Gasteiger partial charge in [-0.1, -0.05) is 37.4 Å². The van der Waals surface area contributed by atoms with E-state index in [1.54, 1.807) is 0 Å². The first kappa shape index (κ1) is 14.5. The summed E-state index contributed by atoms with van der Waals surface area (Å²) in [5, 5.41) is 0.583. The number of hydrogen-bond donors (Lipinski definition) is 0. The van der Waals surface area contributed by atoms with E-state index in [0.29, 0.717) is 11.2 Å². The van der Waals surface area contributed by atoms with Gasteiger partial charge in [0.2, 0.25) is 0 Å². The predicted molar refractivity (Wildman–Crippen MR) is 74.3 cm³/mol. The molecule has 0 N–H and O–H groups in total. The lowest BCUT2D eigenvalue weighted by atomic mass is 10.2. The molecule has 0 aromatic carbocycles. The summed E-state index contributed by atoms with van der Waals surface area (Å²) in [4.78, 5) is 6.80. The van der Waals surface area contributed by atoms with Gasteiger partial charge in [0.15, 0.2) is 0 Å². The van der Waals surface area contributed by atoms with E-state index in [0.717, 1.165) is 18.8 Å². The summed E-state index contributed by atoms with van der Waals surface area (Å²) in [7, 11) is 0. The van der Waals surface area contributed by atoms with Crippen LogP contribution in [0.5, 0.6) is 0 Å². The Morgan fingerprint density at radius 2 is 2.06 bits per heavy atom. The van der Waals surface area contributed by atoms with Gasteiger partial charge in [0.25, 0.3) is 0 Å². The molecule has 0 radical (unpaired) electrons. The van der Waals surface area contributed by atoms with Crippen molar-refractivity contribution in [2.75, 3.05) is 6.54 Å². The SMILES string of the molecule is CCCCCN(Cc1cccc(Cl)n1)C(C)C. The molecule has 0 aliphatic rings. The van der Waals surface area contributed by atoms with E-state index >= 15 is 0 Å². The van der Waals surface area contributed by atoms with E-state index in [-0.39, 0.29) is 0 Å². The first-order valence-electron chi connectivity index (χ1n) is 6.49. The minimum absolute atomic E-state index is 0.549. The van der Waals surface area contributed by atoms with Crippen molar-refractivity contribution in [2.45, 2.75) is 52.6 Å². The molecule has 0 saturated heterocycles. The Morgan fingerprint density at radius 1 is 1.29 bits per heavy atom. The van der Waals surface area contributed by atoms with Gasteiger partial charge in [0, 0.05) is 12.6 Å². The molecule has 0 aliphatic heterocycles. The maximum Gasteiger partial charge on any atom is 0.129 e. The number of halogens is 1. The predicted octanol–water partition coefficient (Wildman–Crippen LogP) is 4.14. The molecule has 3 heteroatoms. The van der Waals surface area contributed by atoms with Gasteiger partial charge in [-0.2, -0.15) is 0 Å². The Morgan fingerprint density at radius 3 is 2.65 bits per heavy atom. The Labute approximate surface area is 110 Å². The van der Waals surface area contributed by atoms with Gasteiger partial charge in [-0.05, 0) is 38.9 Å². The van der Waals surface area contributed by atoms with Crippen molar-refractivity contribution in [1.82, 2.24) is 9.88 Å². The molecule has 0 amide bonds. The van der Waals surface area contributed by atoms with Crippen LogP contribution >= 0.6 is 11.6 Å². The maximum absolute atomic E-state index is 5.91. The zero-order chi connectivity index (χ0) is 12.7. The highest BCUT2D eigenvalue weighted by Crippen LogP contribution is 2.11. The topological polar surface area (TPSA) is 16.1 Å². The molecule has 96 valence electrons. The second-order valence-electron chi connectivity index (χ2n) is 4.72. The molecule has 0 unspecified atom stereocenters. The van der Waals surface area contributed by atoms with E-state index in [1.807, 2.05) is 18.2 Å². The van der Waals surface area contributed by atoms with Gasteiger partial charge < -0.3 is 0 Å². The largest absolute Gasteiger partial charge is 0.295 e. The number of pyridine rings is 1. The van der Waals surface area contributed by atoms with Gasteiger partial charge >= 0.3 is 0 Å². The van der Waals surface area contributed by atoms with Gasteiger partial charge in [-0.15, -0.1) is 0 Å². The minimum atomic E-state index is 0.549. The molecule has 0 saturated carbocycles. The molecule has 17 heavy (non-hydrogen) atoms. The fourth-order valence-corrected chi connectivity index (χ4v) is 2.01. The van der Waals surface area contributed by atoms with Crippen molar-refractivity contribution in [3.05, 3.63) is 29.0 Å². The summed E-state index contributed by atoms with van der Waals surface area (Å²) in [6.45, 7) is 8.73. The Hall–Kier alpha value is -0.600. The number of unbranched alkanes of at least 4 members (excludes halogenated alkanes) is 2. The summed E-state index contributed by atoms with van der Waals surface area (Å²) in [5.41, 5.74) is 1.06. The second-order valence-corrected chi connectivity index (χ2v) is 5.11. The zero-order valence-electron chi connectivity index (χ0n) is 11.1. The first-order valence-corrected chi connectivity index (χ1v) is 6.86. The average Bonchev–Trinajstić information content (AvgIpc) is 2.28. The van der Waals surface area contributed by atoms with Crippen LogP contribution < -0.4 is 0 Å². The third-order valence-corrected chi connectivity index (χ3v) is 3.13. The quantitative estimate of drug-likeness (QED) is 0.537. The molecule has 0 bridgehead atoms. The van der Waals surface area contributed by atoms with Gasteiger partial charge in [0.05, 0.1) is 5.69 Å². The minimum Gasteiger partial charge on any atom is -0.295 e. The Kier molecular flexibility index (Phi) is 6.53. The summed E-state index contributed by atoms with van der Waals surface area (Å²) in [5.74, 6) is 0. The number of hydrogen-bond acceptors (Lipinski definition) is 2. The van der Waals surface area contributed by atoms with Crippen LogP contribution in [-0.2, 0) is 6.54 Å². The van der Waals surface area contributed by atoms with Gasteiger partial charge in [-0.3, -0.25) is 4.90 Å². The molecular formula is C14H23ClN2. The van der Waals surface area contributed by atoms with E-state index in [1.165, 1.54) is 19.3 Å². The molecule has 1 heterocycles. The lowest BCUT2D eigenvalue weighted by Gasteiger charge is -2.26. The molecule has 2 nitrogen and oxygen atoms in total. The molecule has 1 aromatic rings.